The molecule has 1 atom stereocenters. The van der Waals surface area contributed by atoms with Crippen LogP contribution >= 0.6 is 0 Å². The highest BCUT2D eigenvalue weighted by atomic mass is 16.5. The molecule has 1 aromatic heterocycles. The summed E-state index contributed by atoms with van der Waals surface area (Å²) in [6.45, 7) is 7.09. The summed E-state index contributed by atoms with van der Waals surface area (Å²) >= 11 is 0. The van der Waals surface area contributed by atoms with Gasteiger partial charge in [0.25, 0.3) is 0 Å². The predicted octanol–water partition coefficient (Wildman–Crippen LogP) is 1.13. The third kappa shape index (κ3) is 4.76. The molecule has 1 heterocycles. The highest BCUT2D eigenvalue weighted by molar-refractivity contribution is 5.13. The van der Waals surface area contributed by atoms with Crippen molar-refractivity contribution < 1.29 is 9.84 Å². The average Bonchev–Trinajstić information content (AvgIpc) is 2.79. The van der Waals surface area contributed by atoms with Crippen LogP contribution in [-0.2, 0) is 16.9 Å². The van der Waals surface area contributed by atoms with Gasteiger partial charge in [-0.3, -0.25) is 4.68 Å². The number of aryl methyl sites for hydroxylation is 1. The van der Waals surface area contributed by atoms with Crippen molar-refractivity contribution in [2.45, 2.75) is 38.8 Å². The Balaban J connectivity index is 2.40. The molecule has 5 heteroatoms. The zero-order chi connectivity index (χ0) is 13.4. The van der Waals surface area contributed by atoms with E-state index in [1.165, 1.54) is 0 Å². The van der Waals surface area contributed by atoms with Gasteiger partial charge in [0.2, 0.25) is 0 Å². The minimum Gasteiger partial charge on any atom is -0.385 e. The van der Waals surface area contributed by atoms with E-state index in [-0.39, 0.29) is 0 Å². The fourth-order valence-electron chi connectivity index (χ4n) is 1.77. The minimum atomic E-state index is -0.827. The van der Waals surface area contributed by atoms with Crippen LogP contribution in [0.4, 0.5) is 0 Å². The van der Waals surface area contributed by atoms with Gasteiger partial charge in [0.1, 0.15) is 0 Å². The summed E-state index contributed by atoms with van der Waals surface area (Å²) in [4.78, 5) is 0. The number of aliphatic hydroxyl groups is 1. The molecule has 0 saturated carbocycles. The molecule has 0 aromatic carbocycles. The Kier molecular flexibility index (Phi) is 6.32. The van der Waals surface area contributed by atoms with Crippen molar-refractivity contribution in [3.8, 4) is 0 Å². The van der Waals surface area contributed by atoms with E-state index in [9.17, 15) is 5.11 Å². The van der Waals surface area contributed by atoms with E-state index < -0.39 is 5.60 Å². The van der Waals surface area contributed by atoms with Crippen LogP contribution in [0.5, 0.6) is 0 Å². The summed E-state index contributed by atoms with van der Waals surface area (Å²) in [5.41, 5.74) is 0.0518. The third-order valence-electron chi connectivity index (χ3n) is 2.98. The zero-order valence-electron chi connectivity index (χ0n) is 11.6. The molecule has 1 rings (SSSR count). The van der Waals surface area contributed by atoms with E-state index in [0.29, 0.717) is 13.0 Å². The molecular formula is C13H25N3O2. The van der Waals surface area contributed by atoms with Crippen LogP contribution in [0.25, 0.3) is 0 Å². The average molecular weight is 255 g/mol. The van der Waals surface area contributed by atoms with Crippen LogP contribution in [0.2, 0.25) is 0 Å². The van der Waals surface area contributed by atoms with Crippen molar-refractivity contribution in [3.63, 3.8) is 0 Å². The minimum absolute atomic E-state index is 0.661. The number of ether oxygens (including phenoxy) is 1. The first-order valence-electron chi connectivity index (χ1n) is 6.55. The number of rotatable bonds is 9. The maximum Gasteiger partial charge on any atom is 0.0910 e. The van der Waals surface area contributed by atoms with E-state index in [4.69, 9.17) is 4.74 Å². The summed E-state index contributed by atoms with van der Waals surface area (Å²) in [7, 11) is 1.68. The molecule has 0 amide bonds. The van der Waals surface area contributed by atoms with Crippen LogP contribution in [0.15, 0.2) is 12.4 Å². The molecular weight excluding hydrogens is 230 g/mol. The first-order valence-corrected chi connectivity index (χ1v) is 6.55. The van der Waals surface area contributed by atoms with Gasteiger partial charge in [-0.1, -0.05) is 6.92 Å². The van der Waals surface area contributed by atoms with Crippen LogP contribution in [0, 0.1) is 0 Å². The van der Waals surface area contributed by atoms with E-state index in [2.05, 4.69) is 17.3 Å². The first-order chi connectivity index (χ1) is 8.60. The van der Waals surface area contributed by atoms with Crippen LogP contribution in [0.3, 0.4) is 0 Å². The summed E-state index contributed by atoms with van der Waals surface area (Å²) in [6, 6.07) is 0. The van der Waals surface area contributed by atoms with Crippen molar-refractivity contribution in [2.75, 3.05) is 26.8 Å². The molecule has 1 unspecified atom stereocenters. The van der Waals surface area contributed by atoms with Crippen molar-refractivity contribution >= 4 is 0 Å². The lowest BCUT2D eigenvalue weighted by molar-refractivity contribution is 0.0474. The van der Waals surface area contributed by atoms with Gasteiger partial charge in [-0.15, -0.1) is 0 Å². The highest BCUT2D eigenvalue weighted by Crippen LogP contribution is 2.23. The summed E-state index contributed by atoms with van der Waals surface area (Å²) in [6.07, 6.45) is 5.39. The number of hydrogen-bond donors (Lipinski definition) is 2. The van der Waals surface area contributed by atoms with Gasteiger partial charge >= 0.3 is 0 Å². The van der Waals surface area contributed by atoms with Gasteiger partial charge in [-0.05, 0) is 26.3 Å². The molecule has 104 valence electrons. The molecule has 1 aromatic rings. The maximum atomic E-state index is 10.4. The maximum absolute atomic E-state index is 10.4. The number of methoxy groups -OCH3 is 1. The number of aromatic nitrogens is 2. The molecule has 0 fully saturated rings. The largest absolute Gasteiger partial charge is 0.385 e. The van der Waals surface area contributed by atoms with Gasteiger partial charge in [0, 0.05) is 32.0 Å². The Bertz CT molecular complexity index is 337. The fourth-order valence-corrected chi connectivity index (χ4v) is 1.77. The van der Waals surface area contributed by atoms with Crippen LogP contribution in [-0.4, -0.2) is 41.7 Å². The smallest absolute Gasteiger partial charge is 0.0910 e. The Morgan fingerprint density at radius 1 is 1.50 bits per heavy atom. The number of hydrogen-bond acceptors (Lipinski definition) is 4. The summed E-state index contributed by atoms with van der Waals surface area (Å²) < 4.78 is 6.83. The Morgan fingerprint density at radius 2 is 2.28 bits per heavy atom. The third-order valence-corrected chi connectivity index (χ3v) is 2.98. The van der Waals surface area contributed by atoms with Crippen molar-refractivity contribution in [3.05, 3.63) is 18.0 Å². The second kappa shape index (κ2) is 7.51. The van der Waals surface area contributed by atoms with E-state index >= 15 is 0 Å². The Labute approximate surface area is 109 Å². The molecule has 5 nitrogen and oxygen atoms in total. The number of nitrogens with zero attached hydrogens (tertiary/aromatic N) is 2. The summed E-state index contributed by atoms with van der Waals surface area (Å²) in [5.74, 6) is 0. The standard InChI is InChI=1S/C13H25N3O2/c1-4-8-16-11-12(10-15-16)13(2,17)5-6-14-7-9-18-3/h10-11,14,17H,4-9H2,1-3H3. The molecule has 0 bridgehead atoms. The first kappa shape index (κ1) is 15.1. The molecule has 0 saturated heterocycles. The zero-order valence-corrected chi connectivity index (χ0v) is 11.6. The Morgan fingerprint density at radius 3 is 2.94 bits per heavy atom. The lowest BCUT2D eigenvalue weighted by atomic mass is 9.95. The second-order valence-corrected chi connectivity index (χ2v) is 4.76. The topological polar surface area (TPSA) is 59.3 Å². The molecule has 0 radical (unpaired) electrons. The Hall–Kier alpha value is -0.910. The second-order valence-electron chi connectivity index (χ2n) is 4.76. The molecule has 0 aliphatic carbocycles. The SMILES string of the molecule is CCCn1cc(C(C)(O)CCNCCOC)cn1. The van der Waals surface area contributed by atoms with Gasteiger partial charge in [-0.25, -0.2) is 0 Å². The van der Waals surface area contributed by atoms with Gasteiger partial charge in [0.05, 0.1) is 18.4 Å². The van der Waals surface area contributed by atoms with E-state index in [1.54, 1.807) is 13.3 Å². The molecule has 0 spiro atoms. The van der Waals surface area contributed by atoms with Crippen molar-refractivity contribution in [2.24, 2.45) is 0 Å². The van der Waals surface area contributed by atoms with Crippen molar-refractivity contribution in [1.82, 2.24) is 15.1 Å². The molecule has 18 heavy (non-hydrogen) atoms. The predicted molar refractivity (Wildman–Crippen MR) is 71.5 cm³/mol. The lowest BCUT2D eigenvalue weighted by Gasteiger charge is -2.21. The highest BCUT2D eigenvalue weighted by Gasteiger charge is 2.24. The normalized spacial score (nSPS) is 14.7. The van der Waals surface area contributed by atoms with Gasteiger partial charge in [0.15, 0.2) is 0 Å². The van der Waals surface area contributed by atoms with E-state index in [1.807, 2.05) is 17.8 Å². The van der Waals surface area contributed by atoms with Crippen LogP contribution < -0.4 is 5.32 Å². The lowest BCUT2D eigenvalue weighted by Crippen LogP contribution is -2.29. The molecule has 0 aliphatic rings. The molecule has 2 N–H and O–H groups in total. The quantitative estimate of drug-likeness (QED) is 0.649. The van der Waals surface area contributed by atoms with Crippen molar-refractivity contribution in [1.29, 1.82) is 0 Å². The number of nitrogens with one attached hydrogen (secondary N) is 1. The van der Waals surface area contributed by atoms with E-state index in [0.717, 1.165) is 31.6 Å². The fraction of sp³-hybridized carbons (Fsp3) is 0.769. The van der Waals surface area contributed by atoms with Gasteiger partial charge < -0.3 is 15.2 Å². The summed E-state index contributed by atoms with van der Waals surface area (Å²) in [5, 5.41) is 17.9. The molecule has 0 aliphatic heterocycles. The van der Waals surface area contributed by atoms with Gasteiger partial charge in [-0.2, -0.15) is 5.10 Å². The van der Waals surface area contributed by atoms with Crippen LogP contribution in [0.1, 0.15) is 32.3 Å². The monoisotopic (exact) mass is 255 g/mol.